The molecule has 0 aliphatic rings. The number of carbonyl (C=O) groups is 1. The van der Waals surface area contributed by atoms with Gasteiger partial charge in [0.1, 0.15) is 19.0 Å². The van der Waals surface area contributed by atoms with E-state index in [1.807, 2.05) is 60.7 Å². The molecule has 122 valence electrons. The van der Waals surface area contributed by atoms with Crippen molar-refractivity contribution in [1.82, 2.24) is 10.6 Å². The highest BCUT2D eigenvalue weighted by Crippen LogP contribution is 2.19. The van der Waals surface area contributed by atoms with Crippen LogP contribution in [-0.4, -0.2) is 24.3 Å². The summed E-state index contributed by atoms with van der Waals surface area (Å²) in [5.41, 5.74) is 3.31. The minimum Gasteiger partial charge on any atom is -0.491 e. The summed E-state index contributed by atoms with van der Waals surface area (Å²) in [4.78, 5) is 17.0. The number of nitrogens with one attached hydrogen (secondary N) is 1. The zero-order valence-corrected chi connectivity index (χ0v) is 12.8. The van der Waals surface area contributed by atoms with Crippen molar-refractivity contribution >= 4 is 5.91 Å². The summed E-state index contributed by atoms with van der Waals surface area (Å²) in [6.45, 7) is 0.530. The van der Waals surface area contributed by atoms with Gasteiger partial charge in [-0.2, -0.15) is 0 Å². The van der Waals surface area contributed by atoms with Crippen molar-refractivity contribution < 1.29 is 18.9 Å². The lowest BCUT2D eigenvalue weighted by atomic mass is 10.2. The summed E-state index contributed by atoms with van der Waals surface area (Å²) in [5.74, 6) is 0.797. The molecule has 3 rings (SSSR count). The zero-order valence-electron chi connectivity index (χ0n) is 12.8. The number of para-hydroxylation sites is 1. The molecule has 0 radical (unpaired) electrons. The Morgan fingerprint density at radius 3 is 2.46 bits per heavy atom. The number of hydrogen-bond donors (Lipinski definition) is 1. The first-order valence-corrected chi connectivity index (χ1v) is 7.45. The minimum absolute atomic E-state index is 0.151. The number of rotatable bonds is 7. The second kappa shape index (κ2) is 7.94. The third-order valence-corrected chi connectivity index (χ3v) is 3.16. The maximum atomic E-state index is 11.9. The summed E-state index contributed by atoms with van der Waals surface area (Å²) in [5, 5.41) is 3.74. The molecule has 0 saturated carbocycles. The van der Waals surface area contributed by atoms with Gasteiger partial charge in [-0.3, -0.25) is 9.63 Å². The van der Waals surface area contributed by atoms with E-state index in [2.05, 4.69) is 10.6 Å². The van der Waals surface area contributed by atoms with Gasteiger partial charge in [-0.05, 0) is 12.1 Å². The van der Waals surface area contributed by atoms with E-state index < -0.39 is 5.91 Å². The first-order valence-electron chi connectivity index (χ1n) is 7.45. The lowest BCUT2D eigenvalue weighted by Crippen LogP contribution is -2.26. The van der Waals surface area contributed by atoms with Crippen LogP contribution >= 0.6 is 0 Å². The van der Waals surface area contributed by atoms with Gasteiger partial charge in [0.2, 0.25) is 0 Å². The van der Waals surface area contributed by atoms with Crippen LogP contribution in [0.1, 0.15) is 10.5 Å². The Labute approximate surface area is 138 Å². The van der Waals surface area contributed by atoms with Crippen molar-refractivity contribution in [3.63, 3.8) is 0 Å². The second-order valence-corrected chi connectivity index (χ2v) is 4.88. The van der Waals surface area contributed by atoms with Crippen LogP contribution in [0, 0.1) is 0 Å². The van der Waals surface area contributed by atoms with Crippen LogP contribution in [0.15, 0.2) is 71.3 Å². The first kappa shape index (κ1) is 15.8. The Kier molecular flexibility index (Phi) is 5.21. The molecule has 1 aromatic heterocycles. The molecule has 0 atom stereocenters. The van der Waals surface area contributed by atoms with E-state index in [4.69, 9.17) is 14.1 Å². The van der Waals surface area contributed by atoms with Gasteiger partial charge in [-0.25, -0.2) is 5.48 Å². The van der Waals surface area contributed by atoms with E-state index >= 15 is 0 Å². The van der Waals surface area contributed by atoms with Crippen molar-refractivity contribution in [2.24, 2.45) is 0 Å². The quantitative estimate of drug-likeness (QED) is 0.534. The van der Waals surface area contributed by atoms with E-state index in [0.717, 1.165) is 11.3 Å². The topological polar surface area (TPSA) is 73.6 Å². The number of carbonyl (C=O) groups excluding carboxylic acids is 1. The monoisotopic (exact) mass is 324 g/mol. The van der Waals surface area contributed by atoms with Crippen LogP contribution in [0.5, 0.6) is 5.75 Å². The van der Waals surface area contributed by atoms with Gasteiger partial charge in [0, 0.05) is 11.6 Å². The maximum absolute atomic E-state index is 11.9. The molecule has 0 saturated heterocycles. The summed E-state index contributed by atoms with van der Waals surface area (Å²) >= 11 is 0. The van der Waals surface area contributed by atoms with Crippen LogP contribution in [0.25, 0.3) is 11.3 Å². The Morgan fingerprint density at radius 2 is 1.71 bits per heavy atom. The predicted molar refractivity (Wildman–Crippen MR) is 87.3 cm³/mol. The molecule has 1 N–H and O–H groups in total. The summed E-state index contributed by atoms with van der Waals surface area (Å²) in [6.07, 6.45) is 0. The summed E-state index contributed by atoms with van der Waals surface area (Å²) in [6, 6.07) is 20.3. The number of hydrogen-bond acceptors (Lipinski definition) is 5. The fraction of sp³-hybridized carbons (Fsp3) is 0.111. The molecule has 0 bridgehead atoms. The number of aromatic nitrogens is 1. The van der Waals surface area contributed by atoms with E-state index in [-0.39, 0.29) is 12.3 Å². The van der Waals surface area contributed by atoms with Crippen LogP contribution in [0.2, 0.25) is 0 Å². The Bertz CT molecular complexity index is 772. The number of amides is 1. The molecule has 3 aromatic rings. The Hall–Kier alpha value is -3.12. The second-order valence-electron chi connectivity index (χ2n) is 4.88. The highest BCUT2D eigenvalue weighted by atomic mass is 16.7. The molecule has 0 aliphatic heterocycles. The van der Waals surface area contributed by atoms with Gasteiger partial charge in [0.05, 0.1) is 0 Å². The third kappa shape index (κ3) is 4.21. The molecule has 0 spiro atoms. The third-order valence-electron chi connectivity index (χ3n) is 3.16. The van der Waals surface area contributed by atoms with Crippen LogP contribution in [0.3, 0.4) is 0 Å². The summed E-state index contributed by atoms with van der Waals surface area (Å²) < 4.78 is 10.6. The average Bonchev–Trinajstić information content (AvgIpc) is 3.13. The number of hydroxylamine groups is 1. The molecule has 1 heterocycles. The molecule has 6 heteroatoms. The Morgan fingerprint density at radius 1 is 1.00 bits per heavy atom. The molecular weight excluding hydrogens is 308 g/mol. The lowest BCUT2D eigenvalue weighted by Gasteiger charge is -2.06. The predicted octanol–water partition coefficient (Wildman–Crippen LogP) is 3.08. The lowest BCUT2D eigenvalue weighted by molar-refractivity contribution is 0.0194. The molecular formula is C18H16N2O4. The largest absolute Gasteiger partial charge is 0.491 e. The highest BCUT2D eigenvalue weighted by molar-refractivity contribution is 5.92. The van der Waals surface area contributed by atoms with Gasteiger partial charge in [-0.15, -0.1) is 0 Å². The van der Waals surface area contributed by atoms with Crippen LogP contribution in [-0.2, 0) is 4.84 Å². The highest BCUT2D eigenvalue weighted by Gasteiger charge is 2.13. The molecule has 2 aromatic carbocycles. The summed E-state index contributed by atoms with van der Waals surface area (Å²) in [7, 11) is 0. The van der Waals surface area contributed by atoms with Crippen molar-refractivity contribution in [3.05, 3.63) is 72.4 Å². The van der Waals surface area contributed by atoms with E-state index in [1.54, 1.807) is 6.07 Å². The number of nitrogens with zero attached hydrogens (tertiary/aromatic N) is 1. The van der Waals surface area contributed by atoms with Crippen molar-refractivity contribution in [2.75, 3.05) is 13.2 Å². The molecule has 0 fully saturated rings. The van der Waals surface area contributed by atoms with Crippen molar-refractivity contribution in [1.29, 1.82) is 0 Å². The van der Waals surface area contributed by atoms with E-state index in [9.17, 15) is 4.79 Å². The maximum Gasteiger partial charge on any atom is 0.297 e. The Balaban J connectivity index is 1.43. The number of benzene rings is 2. The first-order chi connectivity index (χ1) is 11.8. The van der Waals surface area contributed by atoms with Crippen LogP contribution in [0.4, 0.5) is 0 Å². The van der Waals surface area contributed by atoms with Gasteiger partial charge < -0.3 is 9.26 Å². The van der Waals surface area contributed by atoms with E-state index in [1.165, 1.54) is 0 Å². The van der Waals surface area contributed by atoms with Gasteiger partial charge in [0.25, 0.3) is 5.91 Å². The van der Waals surface area contributed by atoms with E-state index in [0.29, 0.717) is 12.4 Å². The molecule has 1 amide bonds. The SMILES string of the molecule is O=C(NOCCOc1ccccc1)c1cc(-c2ccccc2)on1. The molecule has 0 aliphatic carbocycles. The molecule has 24 heavy (non-hydrogen) atoms. The fourth-order valence-corrected chi connectivity index (χ4v) is 2.01. The fourth-order valence-electron chi connectivity index (χ4n) is 2.01. The average molecular weight is 324 g/mol. The normalized spacial score (nSPS) is 10.3. The zero-order chi connectivity index (χ0) is 16.6. The van der Waals surface area contributed by atoms with Gasteiger partial charge in [0.15, 0.2) is 11.5 Å². The van der Waals surface area contributed by atoms with Crippen molar-refractivity contribution in [3.8, 4) is 17.1 Å². The molecule has 6 nitrogen and oxygen atoms in total. The number of ether oxygens (including phenoxy) is 1. The standard InChI is InChI=1S/C18H16N2O4/c21-18(20-23-12-11-22-15-9-5-2-6-10-15)16-13-17(24-19-16)14-7-3-1-4-8-14/h1-10,13H,11-12H2,(H,20,21). The van der Waals surface area contributed by atoms with Gasteiger partial charge in [-0.1, -0.05) is 53.7 Å². The van der Waals surface area contributed by atoms with Gasteiger partial charge >= 0.3 is 0 Å². The smallest absolute Gasteiger partial charge is 0.297 e. The molecule has 0 unspecified atom stereocenters. The van der Waals surface area contributed by atoms with Crippen molar-refractivity contribution in [2.45, 2.75) is 0 Å². The minimum atomic E-state index is -0.472. The van der Waals surface area contributed by atoms with Crippen LogP contribution < -0.4 is 10.2 Å².